The van der Waals surface area contributed by atoms with Gasteiger partial charge in [-0.25, -0.2) is 0 Å². The number of hydrogen-bond acceptors (Lipinski definition) is 5. The number of benzene rings is 2. The molecule has 40 heavy (non-hydrogen) atoms. The first-order valence-electron chi connectivity index (χ1n) is 14.6. The van der Waals surface area contributed by atoms with Crippen LogP contribution in [0, 0.1) is 6.92 Å². The molecule has 0 saturated heterocycles. The van der Waals surface area contributed by atoms with Crippen LogP contribution in [0.15, 0.2) is 48.5 Å². The highest BCUT2D eigenvalue weighted by molar-refractivity contribution is 6.73. The fourth-order valence-electron chi connectivity index (χ4n) is 4.58. The van der Waals surface area contributed by atoms with Crippen molar-refractivity contribution >= 4 is 26.2 Å². The predicted octanol–water partition coefficient (Wildman–Crippen LogP) is 6.15. The fraction of sp³-hybridized carbons (Fsp3) is 0.500. The zero-order chi connectivity index (χ0) is 29.2. The summed E-state index contributed by atoms with van der Waals surface area (Å²) < 4.78 is 11.6. The van der Waals surface area contributed by atoms with Gasteiger partial charge in [-0.2, -0.15) is 0 Å². The van der Waals surface area contributed by atoms with Gasteiger partial charge in [-0.15, -0.1) is 0 Å². The summed E-state index contributed by atoms with van der Waals surface area (Å²) >= 11 is 0. The molecule has 2 aromatic rings. The van der Waals surface area contributed by atoms with Gasteiger partial charge in [0.25, 0.3) is 0 Å². The third-order valence-corrected chi connectivity index (χ3v) is 12.0. The van der Waals surface area contributed by atoms with Crippen molar-refractivity contribution in [1.82, 2.24) is 10.6 Å². The van der Waals surface area contributed by atoms with Crippen LogP contribution in [-0.4, -0.2) is 52.0 Å². The Kier molecular flexibility index (Phi) is 15.1. The van der Waals surface area contributed by atoms with Gasteiger partial charge < -0.3 is 24.9 Å². The van der Waals surface area contributed by atoms with Crippen molar-refractivity contribution in [3.8, 4) is 11.5 Å². The van der Waals surface area contributed by atoms with Crippen molar-refractivity contribution in [2.75, 3.05) is 26.8 Å². The van der Waals surface area contributed by atoms with E-state index in [0.717, 1.165) is 24.6 Å². The van der Waals surface area contributed by atoms with E-state index in [1.54, 1.807) is 25.3 Å². The SMILES string of the molecule is CC[Si](CC)(CCCCc1ccc(C)cc1)OCCNC(=O)CNC(=O)CCC/C=C/c1cc(OC)ccc1O. The minimum absolute atomic E-state index is 0.0322. The van der Waals surface area contributed by atoms with E-state index in [9.17, 15) is 14.7 Å². The normalized spacial score (nSPS) is 11.5. The predicted molar refractivity (Wildman–Crippen MR) is 165 cm³/mol. The van der Waals surface area contributed by atoms with Crippen molar-refractivity contribution in [2.24, 2.45) is 0 Å². The molecule has 3 N–H and O–H groups in total. The quantitative estimate of drug-likeness (QED) is 0.140. The number of ether oxygens (including phenoxy) is 1. The second kappa shape index (κ2) is 18.3. The molecule has 0 aliphatic rings. The lowest BCUT2D eigenvalue weighted by Gasteiger charge is -2.29. The van der Waals surface area contributed by atoms with E-state index in [1.807, 2.05) is 12.2 Å². The van der Waals surface area contributed by atoms with Crippen LogP contribution >= 0.6 is 0 Å². The molecule has 0 fully saturated rings. The van der Waals surface area contributed by atoms with Crippen LogP contribution < -0.4 is 15.4 Å². The molecule has 7 nitrogen and oxygen atoms in total. The highest BCUT2D eigenvalue weighted by Gasteiger charge is 2.30. The molecular weight excluding hydrogens is 520 g/mol. The van der Waals surface area contributed by atoms with E-state index < -0.39 is 8.32 Å². The number of carbonyl (C=O) groups is 2. The average Bonchev–Trinajstić information content (AvgIpc) is 2.97. The first kappa shape index (κ1) is 33.1. The molecule has 0 bridgehead atoms. The topological polar surface area (TPSA) is 96.9 Å². The summed E-state index contributed by atoms with van der Waals surface area (Å²) in [7, 11) is -0.220. The lowest BCUT2D eigenvalue weighted by Crippen LogP contribution is -2.41. The Morgan fingerprint density at radius 3 is 2.42 bits per heavy atom. The number of aromatic hydroxyl groups is 1. The first-order valence-corrected chi connectivity index (χ1v) is 17.1. The molecule has 2 rings (SSSR count). The van der Waals surface area contributed by atoms with Crippen molar-refractivity contribution < 1.29 is 23.9 Å². The van der Waals surface area contributed by atoms with Gasteiger partial charge in [0, 0.05) is 18.5 Å². The van der Waals surface area contributed by atoms with Gasteiger partial charge in [-0.1, -0.05) is 62.2 Å². The number of methoxy groups -OCH3 is 1. The van der Waals surface area contributed by atoms with Crippen LogP contribution in [0.3, 0.4) is 0 Å². The van der Waals surface area contributed by atoms with E-state index in [2.05, 4.69) is 55.7 Å². The largest absolute Gasteiger partial charge is 0.507 e. The summed E-state index contributed by atoms with van der Waals surface area (Å²) in [5.74, 6) is 0.489. The van der Waals surface area contributed by atoms with Crippen molar-refractivity contribution in [2.45, 2.75) is 77.4 Å². The van der Waals surface area contributed by atoms with E-state index in [4.69, 9.17) is 9.16 Å². The molecule has 0 heterocycles. The molecule has 0 saturated carbocycles. The zero-order valence-corrected chi connectivity index (χ0v) is 25.8. The van der Waals surface area contributed by atoms with Crippen LogP contribution in [-0.2, 0) is 20.4 Å². The van der Waals surface area contributed by atoms with Crippen molar-refractivity contribution in [3.63, 3.8) is 0 Å². The third kappa shape index (κ3) is 12.4. The Hall–Kier alpha value is -3.10. The number of rotatable bonds is 19. The number of amides is 2. The molecule has 0 aliphatic carbocycles. The maximum Gasteiger partial charge on any atom is 0.239 e. The Bertz CT molecular complexity index is 1070. The van der Waals surface area contributed by atoms with Gasteiger partial charge in [0.1, 0.15) is 11.5 Å². The monoisotopic (exact) mass is 568 g/mol. The Balaban J connectivity index is 1.58. The van der Waals surface area contributed by atoms with Gasteiger partial charge in [-0.3, -0.25) is 9.59 Å². The molecule has 8 heteroatoms. The van der Waals surface area contributed by atoms with E-state index in [0.29, 0.717) is 43.7 Å². The zero-order valence-electron chi connectivity index (χ0n) is 24.8. The lowest BCUT2D eigenvalue weighted by molar-refractivity contribution is -0.126. The Labute approximate surface area is 241 Å². The minimum Gasteiger partial charge on any atom is -0.507 e. The van der Waals surface area contributed by atoms with Gasteiger partial charge in [0.2, 0.25) is 11.8 Å². The van der Waals surface area contributed by atoms with Crippen molar-refractivity contribution in [1.29, 1.82) is 0 Å². The molecule has 0 radical (unpaired) electrons. The van der Waals surface area contributed by atoms with E-state index in [1.165, 1.54) is 24.0 Å². The second-order valence-electron chi connectivity index (χ2n) is 10.3. The highest BCUT2D eigenvalue weighted by Crippen LogP contribution is 2.26. The smallest absolute Gasteiger partial charge is 0.239 e. The molecule has 2 amide bonds. The Morgan fingerprint density at radius 1 is 0.975 bits per heavy atom. The van der Waals surface area contributed by atoms with Crippen LogP contribution in [0.1, 0.15) is 62.6 Å². The second-order valence-corrected chi connectivity index (χ2v) is 14.8. The van der Waals surface area contributed by atoms with Crippen LogP contribution in [0.2, 0.25) is 18.1 Å². The lowest BCUT2D eigenvalue weighted by atomic mass is 10.1. The number of phenols is 1. The summed E-state index contributed by atoms with van der Waals surface area (Å²) in [6, 6.07) is 17.1. The summed E-state index contributed by atoms with van der Waals surface area (Å²) in [6.45, 7) is 7.50. The number of unbranched alkanes of at least 4 members (excludes halogenated alkanes) is 2. The number of aryl methyl sites for hydroxylation is 2. The van der Waals surface area contributed by atoms with Crippen molar-refractivity contribution in [3.05, 3.63) is 65.2 Å². The Morgan fingerprint density at radius 2 is 1.73 bits per heavy atom. The number of phenolic OH excluding ortho intramolecular Hbond substituents is 1. The van der Waals surface area contributed by atoms with Crippen LogP contribution in [0.4, 0.5) is 0 Å². The molecule has 2 aromatic carbocycles. The molecule has 0 aromatic heterocycles. The summed E-state index contributed by atoms with van der Waals surface area (Å²) in [4.78, 5) is 24.3. The summed E-state index contributed by atoms with van der Waals surface area (Å²) in [5, 5.41) is 15.5. The fourth-order valence-corrected chi connectivity index (χ4v) is 7.77. The molecule has 0 atom stereocenters. The molecule has 0 spiro atoms. The van der Waals surface area contributed by atoms with Crippen LogP contribution in [0.5, 0.6) is 11.5 Å². The van der Waals surface area contributed by atoms with Gasteiger partial charge in [0.05, 0.1) is 20.3 Å². The first-order chi connectivity index (χ1) is 19.3. The third-order valence-electron chi connectivity index (χ3n) is 7.34. The molecule has 0 aliphatic heterocycles. The maximum absolute atomic E-state index is 12.2. The number of hydrogen-bond donors (Lipinski definition) is 3. The van der Waals surface area contributed by atoms with Gasteiger partial charge in [-0.05, 0) is 74.5 Å². The highest BCUT2D eigenvalue weighted by atomic mass is 28.4. The number of nitrogens with one attached hydrogen (secondary N) is 2. The maximum atomic E-state index is 12.2. The van der Waals surface area contributed by atoms with Gasteiger partial charge in [0.15, 0.2) is 8.32 Å². The molecule has 0 unspecified atom stereocenters. The number of carbonyl (C=O) groups excluding carboxylic acids is 2. The van der Waals surface area contributed by atoms with E-state index in [-0.39, 0.29) is 24.1 Å². The van der Waals surface area contributed by atoms with E-state index >= 15 is 0 Å². The average molecular weight is 569 g/mol. The van der Waals surface area contributed by atoms with Gasteiger partial charge >= 0.3 is 0 Å². The number of allylic oxidation sites excluding steroid dienone is 1. The standard InChI is InChI=1S/C32H48N2O5Si/c1-5-40(6-2,23-11-10-12-27-17-15-26(3)16-18-27)39-22-21-33-32(37)25-34-31(36)14-9-7-8-13-28-24-29(38-4)19-20-30(28)35/h8,13,15-20,24,35H,5-7,9-12,14,21-23,25H2,1-4H3,(H,33,37)(H,34,36)/b13-8+. The summed E-state index contributed by atoms with van der Waals surface area (Å²) in [5.41, 5.74) is 3.35. The van der Waals surface area contributed by atoms with Crippen LogP contribution in [0.25, 0.3) is 6.08 Å². The molecule has 220 valence electrons. The minimum atomic E-state index is -1.80. The molecular formula is C32H48N2O5Si. The summed E-state index contributed by atoms with van der Waals surface area (Å²) in [6.07, 6.45) is 8.81.